The zero-order valence-corrected chi connectivity index (χ0v) is 16.4. The second-order valence-electron chi connectivity index (χ2n) is 6.04. The van der Waals surface area contributed by atoms with E-state index in [0.29, 0.717) is 5.56 Å². The second kappa shape index (κ2) is 8.47. The van der Waals surface area contributed by atoms with Crippen molar-refractivity contribution in [3.8, 4) is 0 Å². The third-order valence-electron chi connectivity index (χ3n) is 4.07. The maximum Gasteiger partial charge on any atom is 0.251 e. The van der Waals surface area contributed by atoms with E-state index in [1.165, 1.54) is 23.5 Å². The van der Waals surface area contributed by atoms with Gasteiger partial charge in [-0.1, -0.05) is 42.5 Å². The highest BCUT2D eigenvalue weighted by molar-refractivity contribution is 7.89. The number of benzene rings is 2. The van der Waals surface area contributed by atoms with Crippen molar-refractivity contribution in [2.75, 3.05) is 0 Å². The van der Waals surface area contributed by atoms with Crippen LogP contribution in [-0.2, 0) is 16.6 Å². The molecule has 1 amide bonds. The minimum absolute atomic E-state index is 0.0686. The van der Waals surface area contributed by atoms with Crippen LogP contribution in [0.3, 0.4) is 0 Å². The first-order valence-electron chi connectivity index (χ1n) is 8.43. The highest BCUT2D eigenvalue weighted by Gasteiger charge is 2.17. The summed E-state index contributed by atoms with van der Waals surface area (Å²) in [5, 5.41) is 4.78. The number of amides is 1. The monoisotopic (exact) mass is 400 g/mol. The van der Waals surface area contributed by atoms with Gasteiger partial charge in [-0.05, 0) is 42.1 Å². The van der Waals surface area contributed by atoms with Crippen LogP contribution < -0.4 is 10.0 Å². The van der Waals surface area contributed by atoms with Crippen LogP contribution in [0.1, 0.15) is 33.8 Å². The molecule has 7 heteroatoms. The summed E-state index contributed by atoms with van der Waals surface area (Å²) in [7, 11) is -3.70. The molecule has 1 aromatic heterocycles. The maximum atomic E-state index is 12.5. The summed E-state index contributed by atoms with van der Waals surface area (Å²) >= 11 is 1.48. The predicted octanol–water partition coefficient (Wildman–Crippen LogP) is 3.72. The van der Waals surface area contributed by atoms with Crippen molar-refractivity contribution in [1.82, 2.24) is 10.0 Å². The number of nitrogens with one attached hydrogen (secondary N) is 2. The van der Waals surface area contributed by atoms with Gasteiger partial charge in [0, 0.05) is 17.0 Å². The van der Waals surface area contributed by atoms with Crippen molar-refractivity contribution in [1.29, 1.82) is 0 Å². The molecule has 0 spiro atoms. The van der Waals surface area contributed by atoms with Crippen LogP contribution in [0.25, 0.3) is 0 Å². The van der Waals surface area contributed by atoms with Gasteiger partial charge in [-0.15, -0.1) is 11.3 Å². The Morgan fingerprint density at radius 2 is 1.81 bits per heavy atom. The molecule has 1 atom stereocenters. The predicted molar refractivity (Wildman–Crippen MR) is 107 cm³/mol. The summed E-state index contributed by atoms with van der Waals surface area (Å²) < 4.78 is 27.6. The second-order valence-corrected chi connectivity index (χ2v) is 8.84. The maximum absolute atomic E-state index is 12.5. The Morgan fingerprint density at radius 1 is 1.04 bits per heavy atom. The van der Waals surface area contributed by atoms with Crippen LogP contribution in [0.5, 0.6) is 0 Å². The smallest absolute Gasteiger partial charge is 0.251 e. The number of thiophene rings is 1. The average molecular weight is 401 g/mol. The molecule has 0 saturated heterocycles. The van der Waals surface area contributed by atoms with Gasteiger partial charge >= 0.3 is 0 Å². The highest BCUT2D eigenvalue weighted by Crippen LogP contribution is 2.16. The minimum Gasteiger partial charge on any atom is -0.346 e. The number of carbonyl (C=O) groups is 1. The number of carbonyl (C=O) groups excluding carboxylic acids is 1. The first-order chi connectivity index (χ1) is 13.0. The minimum atomic E-state index is -3.70. The Bertz CT molecular complexity index is 1000. The zero-order valence-electron chi connectivity index (χ0n) is 14.8. The molecule has 0 bridgehead atoms. The highest BCUT2D eigenvalue weighted by atomic mass is 32.2. The molecular formula is C20H20N2O3S2. The molecule has 0 radical (unpaired) electrons. The SMILES string of the molecule is C[C@H](NC(=O)c1cccc(S(=O)(=O)NCc2cccs2)c1)c1ccccc1. The van der Waals surface area contributed by atoms with Gasteiger partial charge in [-0.2, -0.15) is 0 Å². The van der Waals surface area contributed by atoms with Crippen molar-refractivity contribution in [3.05, 3.63) is 88.1 Å². The summed E-state index contributed by atoms with van der Waals surface area (Å²) in [6, 6.07) is 19.2. The standard InChI is InChI=1S/C20H20N2O3S2/c1-15(16-7-3-2-4-8-16)22-20(23)17-9-5-11-19(13-17)27(24,25)21-14-18-10-6-12-26-18/h2-13,15,21H,14H2,1H3,(H,22,23)/t15-/m0/s1. The first-order valence-corrected chi connectivity index (χ1v) is 10.8. The number of hydrogen-bond donors (Lipinski definition) is 2. The van der Waals surface area contributed by atoms with E-state index < -0.39 is 10.0 Å². The van der Waals surface area contributed by atoms with Gasteiger partial charge in [-0.25, -0.2) is 13.1 Å². The molecule has 140 valence electrons. The molecule has 3 rings (SSSR count). The molecule has 0 saturated carbocycles. The fraction of sp³-hybridized carbons (Fsp3) is 0.150. The van der Waals surface area contributed by atoms with Crippen LogP contribution in [0.15, 0.2) is 77.0 Å². The Labute approximate surface area is 163 Å². The molecule has 1 heterocycles. The lowest BCUT2D eigenvalue weighted by Gasteiger charge is -2.15. The fourth-order valence-corrected chi connectivity index (χ4v) is 4.36. The topological polar surface area (TPSA) is 75.3 Å². The van der Waals surface area contributed by atoms with Crippen molar-refractivity contribution in [2.45, 2.75) is 24.4 Å². The zero-order chi connectivity index (χ0) is 19.3. The van der Waals surface area contributed by atoms with E-state index in [4.69, 9.17) is 0 Å². The average Bonchev–Trinajstić information content (AvgIpc) is 3.21. The normalized spacial score (nSPS) is 12.5. The summed E-state index contributed by atoms with van der Waals surface area (Å²) in [6.45, 7) is 2.11. The van der Waals surface area contributed by atoms with Gasteiger partial charge in [0.1, 0.15) is 0 Å². The first kappa shape index (κ1) is 19.3. The molecule has 2 N–H and O–H groups in total. The van der Waals surface area contributed by atoms with Crippen LogP contribution in [0, 0.1) is 0 Å². The molecule has 0 aliphatic heterocycles. The number of sulfonamides is 1. The Hall–Kier alpha value is -2.48. The molecule has 27 heavy (non-hydrogen) atoms. The molecule has 0 aliphatic carbocycles. The van der Waals surface area contributed by atoms with E-state index in [1.807, 2.05) is 54.8 Å². The van der Waals surface area contributed by atoms with Crippen LogP contribution in [0.4, 0.5) is 0 Å². The Balaban J connectivity index is 1.71. The third-order valence-corrected chi connectivity index (χ3v) is 6.35. The van der Waals surface area contributed by atoms with Crippen LogP contribution in [0.2, 0.25) is 0 Å². The van der Waals surface area contributed by atoms with E-state index in [9.17, 15) is 13.2 Å². The van der Waals surface area contributed by atoms with Gasteiger partial charge in [0.15, 0.2) is 0 Å². The van der Waals surface area contributed by atoms with Gasteiger partial charge in [-0.3, -0.25) is 4.79 Å². The molecule has 5 nitrogen and oxygen atoms in total. The molecule has 0 fully saturated rings. The Kier molecular flexibility index (Phi) is 6.05. The molecule has 0 aliphatic rings. The fourth-order valence-electron chi connectivity index (χ4n) is 2.57. The lowest BCUT2D eigenvalue weighted by atomic mass is 10.1. The van der Waals surface area contributed by atoms with Crippen molar-refractivity contribution >= 4 is 27.3 Å². The lowest BCUT2D eigenvalue weighted by Crippen LogP contribution is -2.27. The largest absolute Gasteiger partial charge is 0.346 e. The van der Waals surface area contributed by atoms with Crippen molar-refractivity contribution in [3.63, 3.8) is 0 Å². The summed E-state index contributed by atoms with van der Waals surface area (Å²) in [4.78, 5) is 13.5. The molecule has 2 aromatic carbocycles. The Morgan fingerprint density at radius 3 is 2.52 bits per heavy atom. The van der Waals surface area contributed by atoms with Gasteiger partial charge in [0.2, 0.25) is 10.0 Å². The number of rotatable bonds is 7. The molecule has 0 unspecified atom stereocenters. The van der Waals surface area contributed by atoms with Crippen LogP contribution in [-0.4, -0.2) is 14.3 Å². The summed E-state index contributed by atoms with van der Waals surface area (Å²) in [5.74, 6) is -0.318. The van der Waals surface area contributed by atoms with Gasteiger partial charge < -0.3 is 5.32 Å². The van der Waals surface area contributed by atoms with E-state index in [2.05, 4.69) is 10.0 Å². The van der Waals surface area contributed by atoms with Crippen molar-refractivity contribution in [2.24, 2.45) is 0 Å². The van der Waals surface area contributed by atoms with Gasteiger partial charge in [0.05, 0.1) is 10.9 Å². The van der Waals surface area contributed by atoms with Crippen LogP contribution >= 0.6 is 11.3 Å². The quantitative estimate of drug-likeness (QED) is 0.635. The van der Waals surface area contributed by atoms with Crippen molar-refractivity contribution < 1.29 is 13.2 Å². The van der Waals surface area contributed by atoms with E-state index in [0.717, 1.165) is 10.4 Å². The van der Waals surface area contributed by atoms with Gasteiger partial charge in [0.25, 0.3) is 5.91 Å². The third kappa shape index (κ3) is 5.03. The summed E-state index contributed by atoms with van der Waals surface area (Å²) in [5.41, 5.74) is 1.28. The number of hydrogen-bond acceptors (Lipinski definition) is 4. The lowest BCUT2D eigenvalue weighted by molar-refractivity contribution is 0.0939. The molecular weight excluding hydrogens is 380 g/mol. The van der Waals surface area contributed by atoms with E-state index in [-0.39, 0.29) is 23.4 Å². The van der Waals surface area contributed by atoms with E-state index in [1.54, 1.807) is 12.1 Å². The van der Waals surface area contributed by atoms with E-state index >= 15 is 0 Å². The molecule has 3 aromatic rings. The summed E-state index contributed by atoms with van der Waals surface area (Å²) in [6.07, 6.45) is 0.